The van der Waals surface area contributed by atoms with Crippen molar-refractivity contribution in [2.45, 2.75) is 6.92 Å². The van der Waals surface area contributed by atoms with Gasteiger partial charge in [0.15, 0.2) is 5.11 Å². The maximum Gasteiger partial charge on any atom is 0.187 e. The van der Waals surface area contributed by atoms with Gasteiger partial charge < -0.3 is 19.9 Å². The summed E-state index contributed by atoms with van der Waals surface area (Å²) in [5, 5.41) is 7.97. The predicted molar refractivity (Wildman–Crippen MR) is 83.1 cm³/mol. The van der Waals surface area contributed by atoms with E-state index >= 15 is 0 Å². The van der Waals surface area contributed by atoms with Gasteiger partial charge in [0.05, 0.1) is 37.7 Å². The fraction of sp³-hybridized carbons (Fsp3) is 0.538. The van der Waals surface area contributed by atoms with Gasteiger partial charge in [-0.15, -0.1) is 0 Å². The Labute approximate surface area is 124 Å². The quantitative estimate of drug-likeness (QED) is 0.324. The number of morpholine rings is 1. The number of ether oxygens (including phenoxy) is 1. The number of hydrogen-bond acceptors (Lipinski definition) is 3. The Bertz CT molecular complexity index is 440. The lowest BCUT2D eigenvalue weighted by atomic mass is 10.3. The van der Waals surface area contributed by atoms with E-state index in [1.807, 2.05) is 25.3 Å². The first-order valence-electron chi connectivity index (χ1n) is 6.89. The first kappa shape index (κ1) is 15.0. The molecule has 1 saturated heterocycles. The van der Waals surface area contributed by atoms with Crippen LogP contribution in [0, 0.1) is 0 Å². The highest BCUT2D eigenvalue weighted by molar-refractivity contribution is 7.80. The molecule has 1 aliphatic rings. The molecule has 110 valence electrons. The third-order valence-corrected chi connectivity index (χ3v) is 3.51. The molecular formula is C13H22N5OS+. The Kier molecular flexibility index (Phi) is 5.97. The Hall–Kier alpha value is -1.44. The van der Waals surface area contributed by atoms with Crippen LogP contribution in [0.4, 0.5) is 0 Å². The van der Waals surface area contributed by atoms with Crippen molar-refractivity contribution >= 4 is 23.0 Å². The van der Waals surface area contributed by atoms with Gasteiger partial charge in [0.1, 0.15) is 13.1 Å². The van der Waals surface area contributed by atoms with E-state index in [1.165, 1.54) is 0 Å². The Morgan fingerprint density at radius 2 is 2.30 bits per heavy atom. The SMILES string of the molecule is C/C(=N\NC(=S)NCC[NH+]1CCOCC1)c1ccc[nH]1. The first-order chi connectivity index (χ1) is 9.75. The highest BCUT2D eigenvalue weighted by Gasteiger charge is 2.12. The van der Waals surface area contributed by atoms with E-state index in [4.69, 9.17) is 17.0 Å². The smallest absolute Gasteiger partial charge is 0.187 e. The monoisotopic (exact) mass is 296 g/mol. The number of rotatable bonds is 5. The highest BCUT2D eigenvalue weighted by atomic mass is 32.1. The lowest BCUT2D eigenvalue weighted by Crippen LogP contribution is -3.14. The molecule has 4 N–H and O–H groups in total. The summed E-state index contributed by atoms with van der Waals surface area (Å²) in [6, 6.07) is 3.91. The van der Waals surface area contributed by atoms with Crippen LogP contribution in [0.1, 0.15) is 12.6 Å². The average Bonchev–Trinajstić information content (AvgIpc) is 3.00. The minimum atomic E-state index is 0.559. The maximum absolute atomic E-state index is 5.33. The number of hydrogen-bond donors (Lipinski definition) is 4. The largest absolute Gasteiger partial charge is 0.370 e. The molecule has 2 heterocycles. The molecule has 7 heteroatoms. The third kappa shape index (κ3) is 4.92. The summed E-state index contributed by atoms with van der Waals surface area (Å²) in [7, 11) is 0. The van der Waals surface area contributed by atoms with Gasteiger partial charge in [0.25, 0.3) is 0 Å². The summed E-state index contributed by atoms with van der Waals surface area (Å²) in [5.41, 5.74) is 4.72. The van der Waals surface area contributed by atoms with Crippen molar-refractivity contribution in [3.05, 3.63) is 24.0 Å². The zero-order valence-corrected chi connectivity index (χ0v) is 12.6. The number of hydrazone groups is 1. The molecule has 0 spiro atoms. The minimum Gasteiger partial charge on any atom is -0.370 e. The van der Waals surface area contributed by atoms with Crippen LogP contribution in [0.2, 0.25) is 0 Å². The molecule has 1 aromatic rings. The summed E-state index contributed by atoms with van der Waals surface area (Å²) in [5.74, 6) is 0. The van der Waals surface area contributed by atoms with Crippen molar-refractivity contribution in [2.75, 3.05) is 39.4 Å². The van der Waals surface area contributed by atoms with E-state index in [-0.39, 0.29) is 0 Å². The summed E-state index contributed by atoms with van der Waals surface area (Å²) in [4.78, 5) is 4.65. The maximum atomic E-state index is 5.33. The van der Waals surface area contributed by atoms with Crippen LogP contribution in [0.5, 0.6) is 0 Å². The summed E-state index contributed by atoms with van der Waals surface area (Å²) in [6.07, 6.45) is 1.87. The molecule has 0 aromatic carbocycles. The van der Waals surface area contributed by atoms with Gasteiger partial charge in [-0.2, -0.15) is 5.10 Å². The lowest BCUT2D eigenvalue weighted by Gasteiger charge is -2.23. The Morgan fingerprint density at radius 3 is 3.00 bits per heavy atom. The van der Waals surface area contributed by atoms with Gasteiger partial charge >= 0.3 is 0 Å². The van der Waals surface area contributed by atoms with Crippen LogP contribution >= 0.6 is 12.2 Å². The molecule has 0 saturated carbocycles. The zero-order valence-electron chi connectivity index (χ0n) is 11.7. The summed E-state index contributed by atoms with van der Waals surface area (Å²) in [6.45, 7) is 7.69. The van der Waals surface area contributed by atoms with Crippen LogP contribution in [-0.4, -0.2) is 55.2 Å². The van der Waals surface area contributed by atoms with Crippen molar-refractivity contribution in [3.8, 4) is 0 Å². The lowest BCUT2D eigenvalue weighted by molar-refractivity contribution is -0.906. The molecule has 0 amide bonds. The van der Waals surface area contributed by atoms with E-state index in [2.05, 4.69) is 20.8 Å². The molecule has 6 nitrogen and oxygen atoms in total. The van der Waals surface area contributed by atoms with E-state index < -0.39 is 0 Å². The molecule has 1 fully saturated rings. The van der Waals surface area contributed by atoms with Gasteiger partial charge in [0.2, 0.25) is 0 Å². The van der Waals surface area contributed by atoms with Gasteiger partial charge in [0, 0.05) is 6.20 Å². The van der Waals surface area contributed by atoms with Crippen molar-refractivity contribution in [1.82, 2.24) is 15.7 Å². The van der Waals surface area contributed by atoms with Crippen LogP contribution in [0.3, 0.4) is 0 Å². The van der Waals surface area contributed by atoms with Crippen molar-refractivity contribution in [3.63, 3.8) is 0 Å². The second kappa shape index (κ2) is 7.98. The minimum absolute atomic E-state index is 0.559. The molecule has 1 aromatic heterocycles. The predicted octanol–water partition coefficient (Wildman–Crippen LogP) is -0.882. The van der Waals surface area contributed by atoms with Gasteiger partial charge in [-0.25, -0.2) is 0 Å². The number of aromatic amines is 1. The summed E-state index contributed by atoms with van der Waals surface area (Å²) < 4.78 is 5.33. The van der Waals surface area contributed by atoms with Crippen molar-refractivity contribution in [2.24, 2.45) is 5.10 Å². The molecule has 0 atom stereocenters. The van der Waals surface area contributed by atoms with E-state index in [9.17, 15) is 0 Å². The van der Waals surface area contributed by atoms with Crippen LogP contribution in [0.25, 0.3) is 0 Å². The third-order valence-electron chi connectivity index (χ3n) is 3.28. The van der Waals surface area contributed by atoms with E-state index in [1.54, 1.807) is 4.90 Å². The molecule has 0 aliphatic carbocycles. The zero-order chi connectivity index (χ0) is 14.2. The molecule has 0 radical (unpaired) electrons. The number of quaternary nitrogens is 1. The normalized spacial score (nSPS) is 16.9. The average molecular weight is 296 g/mol. The molecule has 0 unspecified atom stereocenters. The second-order valence-corrected chi connectivity index (χ2v) is 5.17. The number of H-pyrrole nitrogens is 1. The van der Waals surface area contributed by atoms with Crippen LogP contribution in [-0.2, 0) is 4.74 Å². The topological polar surface area (TPSA) is 65.9 Å². The van der Waals surface area contributed by atoms with Gasteiger partial charge in [-0.3, -0.25) is 5.43 Å². The second-order valence-electron chi connectivity index (χ2n) is 4.76. The molecule has 2 rings (SSSR count). The van der Waals surface area contributed by atoms with Crippen LogP contribution in [0.15, 0.2) is 23.4 Å². The Balaban J connectivity index is 1.64. The number of nitrogens with one attached hydrogen (secondary N) is 4. The highest BCUT2D eigenvalue weighted by Crippen LogP contribution is 1.95. The first-order valence-corrected chi connectivity index (χ1v) is 7.30. The molecule has 20 heavy (non-hydrogen) atoms. The van der Waals surface area contributed by atoms with Crippen LogP contribution < -0.4 is 15.6 Å². The van der Waals surface area contributed by atoms with E-state index in [0.717, 1.165) is 50.8 Å². The summed E-state index contributed by atoms with van der Waals surface area (Å²) >= 11 is 5.20. The Morgan fingerprint density at radius 1 is 1.50 bits per heavy atom. The standard InChI is InChI=1S/C13H21N5OS/c1-11(12-3-2-4-14-12)16-17-13(20)15-5-6-18-7-9-19-10-8-18/h2-4,14H,5-10H2,1H3,(H2,15,17,20)/p+1/b16-11+. The molecule has 0 bridgehead atoms. The van der Waals surface area contributed by atoms with Gasteiger partial charge in [-0.05, 0) is 31.3 Å². The number of thiocarbonyl (C=S) groups is 1. The fourth-order valence-corrected chi connectivity index (χ4v) is 2.20. The molecular weight excluding hydrogens is 274 g/mol. The number of nitrogens with zero attached hydrogens (tertiary/aromatic N) is 1. The fourth-order valence-electron chi connectivity index (χ4n) is 2.05. The van der Waals surface area contributed by atoms with Crippen molar-refractivity contribution in [1.29, 1.82) is 0 Å². The van der Waals surface area contributed by atoms with E-state index in [0.29, 0.717) is 5.11 Å². The molecule has 1 aliphatic heterocycles. The number of aromatic nitrogens is 1. The van der Waals surface area contributed by atoms with Gasteiger partial charge in [-0.1, -0.05) is 0 Å². The van der Waals surface area contributed by atoms with Crippen molar-refractivity contribution < 1.29 is 9.64 Å².